The maximum Gasteiger partial charge on any atom is 0.264 e. The fourth-order valence-corrected chi connectivity index (χ4v) is 3.34. The second-order valence-electron chi connectivity index (χ2n) is 7.05. The number of aryl methyl sites for hydroxylation is 1. The van der Waals surface area contributed by atoms with Crippen molar-refractivity contribution in [1.29, 1.82) is 0 Å². The molecule has 140 valence electrons. The molecule has 0 saturated heterocycles. The standard InChI is InChI=1S/C20H27N3O3/c1-15-7-6-10-17(13-15)25-14-19-21-18(22-26-19)11-12-23(2)20(24)16-8-4-3-5-9-16/h6-7,10,13,16H,3-5,8-9,11-12,14H2,1-2H3. The van der Waals surface area contributed by atoms with Crippen LogP contribution in [0.1, 0.15) is 49.4 Å². The average molecular weight is 357 g/mol. The van der Waals surface area contributed by atoms with Gasteiger partial charge >= 0.3 is 0 Å². The summed E-state index contributed by atoms with van der Waals surface area (Å²) < 4.78 is 10.9. The minimum Gasteiger partial charge on any atom is -0.484 e. The predicted molar refractivity (Wildman–Crippen MR) is 97.7 cm³/mol. The van der Waals surface area contributed by atoms with Crippen LogP contribution in [0.2, 0.25) is 0 Å². The van der Waals surface area contributed by atoms with E-state index < -0.39 is 0 Å². The van der Waals surface area contributed by atoms with Crippen LogP contribution in [0.25, 0.3) is 0 Å². The number of benzene rings is 1. The van der Waals surface area contributed by atoms with Crippen LogP contribution in [0.5, 0.6) is 5.75 Å². The van der Waals surface area contributed by atoms with Crippen molar-refractivity contribution in [3.05, 3.63) is 41.5 Å². The van der Waals surface area contributed by atoms with E-state index in [1.165, 1.54) is 19.3 Å². The molecule has 0 unspecified atom stereocenters. The van der Waals surface area contributed by atoms with E-state index in [1.54, 1.807) is 4.90 Å². The van der Waals surface area contributed by atoms with E-state index in [1.807, 2.05) is 38.2 Å². The highest BCUT2D eigenvalue weighted by atomic mass is 16.5. The molecule has 1 amide bonds. The quantitative estimate of drug-likeness (QED) is 0.758. The van der Waals surface area contributed by atoms with Crippen molar-refractivity contribution < 1.29 is 14.1 Å². The molecule has 1 aromatic carbocycles. The van der Waals surface area contributed by atoms with Gasteiger partial charge in [-0.2, -0.15) is 4.98 Å². The zero-order chi connectivity index (χ0) is 18.4. The number of hydrogen-bond acceptors (Lipinski definition) is 5. The van der Waals surface area contributed by atoms with Crippen molar-refractivity contribution in [2.24, 2.45) is 5.92 Å². The molecule has 6 nitrogen and oxygen atoms in total. The number of nitrogens with zero attached hydrogens (tertiary/aromatic N) is 3. The van der Waals surface area contributed by atoms with Crippen LogP contribution in [-0.4, -0.2) is 34.5 Å². The Balaban J connectivity index is 1.45. The van der Waals surface area contributed by atoms with Gasteiger partial charge in [0.15, 0.2) is 12.4 Å². The molecule has 0 N–H and O–H groups in total. The average Bonchev–Trinajstić information content (AvgIpc) is 3.12. The maximum atomic E-state index is 12.5. The zero-order valence-corrected chi connectivity index (χ0v) is 15.6. The Morgan fingerprint density at radius 3 is 2.88 bits per heavy atom. The maximum absolute atomic E-state index is 12.5. The lowest BCUT2D eigenvalue weighted by Gasteiger charge is -2.26. The number of hydrogen-bond donors (Lipinski definition) is 0. The van der Waals surface area contributed by atoms with Crippen molar-refractivity contribution in [3.63, 3.8) is 0 Å². The molecule has 3 rings (SSSR count). The van der Waals surface area contributed by atoms with E-state index in [4.69, 9.17) is 9.26 Å². The third-order valence-corrected chi connectivity index (χ3v) is 4.86. The van der Waals surface area contributed by atoms with Crippen LogP contribution < -0.4 is 4.74 Å². The van der Waals surface area contributed by atoms with Gasteiger partial charge in [-0.1, -0.05) is 36.6 Å². The molecule has 0 spiro atoms. The van der Waals surface area contributed by atoms with Gasteiger partial charge in [0.05, 0.1) is 0 Å². The van der Waals surface area contributed by atoms with E-state index in [2.05, 4.69) is 10.1 Å². The number of likely N-dealkylation sites (N-methyl/N-ethyl adjacent to an activating group) is 1. The van der Waals surface area contributed by atoms with Crippen LogP contribution in [-0.2, 0) is 17.8 Å². The topological polar surface area (TPSA) is 68.5 Å². The summed E-state index contributed by atoms with van der Waals surface area (Å²) in [5, 5.41) is 3.99. The van der Waals surface area contributed by atoms with Gasteiger partial charge in [0.25, 0.3) is 5.89 Å². The van der Waals surface area contributed by atoms with Crippen LogP contribution in [0.3, 0.4) is 0 Å². The van der Waals surface area contributed by atoms with Gasteiger partial charge in [-0.3, -0.25) is 4.79 Å². The monoisotopic (exact) mass is 357 g/mol. The second-order valence-corrected chi connectivity index (χ2v) is 7.05. The van der Waals surface area contributed by atoms with Crippen LogP contribution in [0, 0.1) is 12.8 Å². The van der Waals surface area contributed by atoms with E-state index in [0.717, 1.165) is 24.2 Å². The number of ether oxygens (including phenoxy) is 1. The fourth-order valence-electron chi connectivity index (χ4n) is 3.34. The van der Waals surface area contributed by atoms with Gasteiger partial charge in [0.1, 0.15) is 5.75 Å². The molecule has 2 aromatic rings. The first-order chi connectivity index (χ1) is 12.6. The first-order valence-corrected chi connectivity index (χ1v) is 9.38. The molecule has 0 radical (unpaired) electrons. The Bertz CT molecular complexity index is 723. The molecule has 1 saturated carbocycles. The Morgan fingerprint density at radius 1 is 1.31 bits per heavy atom. The van der Waals surface area contributed by atoms with Gasteiger partial charge in [-0.15, -0.1) is 0 Å². The van der Waals surface area contributed by atoms with Crippen molar-refractivity contribution in [1.82, 2.24) is 15.0 Å². The minimum absolute atomic E-state index is 0.192. The summed E-state index contributed by atoms with van der Waals surface area (Å²) in [5.74, 6) is 2.27. The van der Waals surface area contributed by atoms with Gasteiger partial charge < -0.3 is 14.2 Å². The third kappa shape index (κ3) is 5.07. The van der Waals surface area contributed by atoms with E-state index in [-0.39, 0.29) is 18.4 Å². The number of carbonyl (C=O) groups excluding carboxylic acids is 1. The summed E-state index contributed by atoms with van der Waals surface area (Å²) >= 11 is 0. The normalized spacial score (nSPS) is 15.0. The first kappa shape index (κ1) is 18.4. The fraction of sp³-hybridized carbons (Fsp3) is 0.550. The molecule has 1 heterocycles. The van der Waals surface area contributed by atoms with Gasteiger partial charge in [0.2, 0.25) is 5.91 Å². The predicted octanol–water partition coefficient (Wildman–Crippen LogP) is 3.54. The summed E-state index contributed by atoms with van der Waals surface area (Å²) in [6, 6.07) is 7.82. The van der Waals surface area contributed by atoms with Gasteiger partial charge in [-0.25, -0.2) is 0 Å². The Labute approximate surface area is 154 Å². The van der Waals surface area contributed by atoms with Gasteiger partial charge in [-0.05, 0) is 37.5 Å². The van der Waals surface area contributed by atoms with Crippen molar-refractivity contribution in [2.45, 2.75) is 52.1 Å². The third-order valence-electron chi connectivity index (χ3n) is 4.86. The molecule has 1 aromatic heterocycles. The molecule has 26 heavy (non-hydrogen) atoms. The number of aromatic nitrogens is 2. The Kier molecular flexibility index (Phi) is 6.26. The first-order valence-electron chi connectivity index (χ1n) is 9.38. The molecule has 0 atom stereocenters. The van der Waals surface area contributed by atoms with Crippen molar-refractivity contribution >= 4 is 5.91 Å². The molecular weight excluding hydrogens is 330 g/mol. The minimum atomic E-state index is 0.192. The zero-order valence-electron chi connectivity index (χ0n) is 15.6. The molecule has 1 fully saturated rings. The van der Waals surface area contributed by atoms with E-state index in [0.29, 0.717) is 24.7 Å². The van der Waals surface area contributed by atoms with E-state index >= 15 is 0 Å². The molecule has 1 aliphatic rings. The van der Waals surface area contributed by atoms with E-state index in [9.17, 15) is 4.79 Å². The lowest BCUT2D eigenvalue weighted by atomic mass is 9.88. The Morgan fingerprint density at radius 2 is 2.12 bits per heavy atom. The number of carbonyl (C=O) groups is 1. The van der Waals surface area contributed by atoms with Crippen molar-refractivity contribution in [2.75, 3.05) is 13.6 Å². The highest BCUT2D eigenvalue weighted by Crippen LogP contribution is 2.25. The number of amides is 1. The summed E-state index contributed by atoms with van der Waals surface area (Å²) in [5.41, 5.74) is 1.14. The Hall–Kier alpha value is -2.37. The highest BCUT2D eigenvalue weighted by Gasteiger charge is 2.24. The second kappa shape index (κ2) is 8.83. The highest BCUT2D eigenvalue weighted by molar-refractivity contribution is 5.78. The SMILES string of the molecule is Cc1cccc(OCc2nc(CCN(C)C(=O)C3CCCCC3)no2)c1. The van der Waals surface area contributed by atoms with Crippen molar-refractivity contribution in [3.8, 4) is 5.75 Å². The summed E-state index contributed by atoms with van der Waals surface area (Å²) in [6.07, 6.45) is 6.21. The molecule has 6 heteroatoms. The molecule has 0 aliphatic heterocycles. The largest absolute Gasteiger partial charge is 0.484 e. The molecular formula is C20H27N3O3. The van der Waals surface area contributed by atoms with Crippen LogP contribution in [0.4, 0.5) is 0 Å². The summed E-state index contributed by atoms with van der Waals surface area (Å²) in [7, 11) is 1.86. The lowest BCUT2D eigenvalue weighted by Crippen LogP contribution is -2.35. The van der Waals surface area contributed by atoms with Crippen LogP contribution >= 0.6 is 0 Å². The van der Waals surface area contributed by atoms with Crippen LogP contribution in [0.15, 0.2) is 28.8 Å². The molecule has 1 aliphatic carbocycles. The molecule has 0 bridgehead atoms. The smallest absolute Gasteiger partial charge is 0.264 e. The summed E-state index contributed by atoms with van der Waals surface area (Å²) in [4.78, 5) is 18.6. The number of rotatable bonds is 7. The lowest BCUT2D eigenvalue weighted by molar-refractivity contribution is -0.135. The van der Waals surface area contributed by atoms with Gasteiger partial charge in [0, 0.05) is 25.9 Å². The summed E-state index contributed by atoms with van der Waals surface area (Å²) in [6.45, 7) is 2.86.